The molecule has 2 aromatic rings. The molecule has 0 bridgehead atoms. The molecule has 122 valence electrons. The summed E-state index contributed by atoms with van der Waals surface area (Å²) in [6.07, 6.45) is 5.56. The van der Waals surface area contributed by atoms with Crippen molar-refractivity contribution in [1.29, 1.82) is 0 Å². The number of hydrogen-bond acceptors (Lipinski definition) is 5. The lowest BCUT2D eigenvalue weighted by Crippen LogP contribution is -2.44. The quantitative estimate of drug-likeness (QED) is 0.813. The van der Waals surface area contributed by atoms with Gasteiger partial charge in [-0.05, 0) is 49.1 Å². The van der Waals surface area contributed by atoms with Gasteiger partial charge < -0.3 is 15.1 Å². The minimum Gasteiger partial charge on any atom is -0.459 e. The van der Waals surface area contributed by atoms with E-state index >= 15 is 0 Å². The zero-order chi connectivity index (χ0) is 16.7. The van der Waals surface area contributed by atoms with Crippen LogP contribution in [0.3, 0.4) is 0 Å². The molecule has 0 spiro atoms. The number of nitrogens with zero attached hydrogens (tertiary/aromatic N) is 1. The minimum absolute atomic E-state index is 0.181. The molecule has 0 saturated heterocycles. The highest BCUT2D eigenvalue weighted by Gasteiger charge is 2.22. The molecule has 2 heterocycles. The van der Waals surface area contributed by atoms with Gasteiger partial charge in [0, 0.05) is 6.20 Å². The van der Waals surface area contributed by atoms with Gasteiger partial charge in [-0.2, -0.15) is 11.8 Å². The average Bonchev–Trinajstić information content (AvgIpc) is 3.08. The number of pyridine rings is 1. The Bertz CT molecular complexity index is 641. The molecule has 2 amide bonds. The molecule has 7 heteroatoms. The molecule has 6 nitrogen and oxygen atoms in total. The van der Waals surface area contributed by atoms with Gasteiger partial charge in [-0.3, -0.25) is 9.59 Å². The van der Waals surface area contributed by atoms with E-state index in [1.54, 1.807) is 36.2 Å². The second-order valence-corrected chi connectivity index (χ2v) is 5.98. The zero-order valence-corrected chi connectivity index (χ0v) is 13.9. The van der Waals surface area contributed by atoms with Crippen molar-refractivity contribution in [2.75, 3.05) is 17.3 Å². The molecule has 2 aromatic heterocycles. The molecule has 23 heavy (non-hydrogen) atoms. The van der Waals surface area contributed by atoms with Crippen LogP contribution in [-0.2, 0) is 4.79 Å². The fourth-order valence-electron chi connectivity index (χ4n) is 1.90. The third kappa shape index (κ3) is 5.14. The number of carbonyl (C=O) groups is 2. The molecule has 0 unspecified atom stereocenters. The van der Waals surface area contributed by atoms with Crippen LogP contribution in [-0.4, -0.2) is 34.8 Å². The highest BCUT2D eigenvalue weighted by Crippen LogP contribution is 2.08. The van der Waals surface area contributed by atoms with Crippen LogP contribution < -0.4 is 10.6 Å². The lowest BCUT2D eigenvalue weighted by atomic mass is 10.2. The van der Waals surface area contributed by atoms with Crippen LogP contribution >= 0.6 is 11.8 Å². The molecule has 0 aliphatic heterocycles. The first kappa shape index (κ1) is 17.1. The summed E-state index contributed by atoms with van der Waals surface area (Å²) in [5.41, 5.74) is 1.01. The van der Waals surface area contributed by atoms with Gasteiger partial charge in [0.2, 0.25) is 5.91 Å². The summed E-state index contributed by atoms with van der Waals surface area (Å²) in [5, 5.41) is 5.42. The SMILES string of the molecule is CSCC[C@@H](NC(=O)c1ccco1)C(=O)Nc1ccc(C)cn1. The van der Waals surface area contributed by atoms with E-state index < -0.39 is 11.9 Å². The molecule has 2 N–H and O–H groups in total. The summed E-state index contributed by atoms with van der Waals surface area (Å²) in [6.45, 7) is 1.92. The number of nitrogens with one attached hydrogen (secondary N) is 2. The van der Waals surface area contributed by atoms with Gasteiger partial charge in [-0.25, -0.2) is 4.98 Å². The van der Waals surface area contributed by atoms with Crippen molar-refractivity contribution >= 4 is 29.4 Å². The Labute approximate surface area is 139 Å². The molecule has 0 aliphatic carbocycles. The van der Waals surface area contributed by atoms with E-state index in [1.807, 2.05) is 19.2 Å². The average molecular weight is 333 g/mol. The molecular weight excluding hydrogens is 314 g/mol. The number of hydrogen-bond donors (Lipinski definition) is 2. The van der Waals surface area contributed by atoms with E-state index in [9.17, 15) is 9.59 Å². The van der Waals surface area contributed by atoms with E-state index in [0.717, 1.165) is 11.3 Å². The number of furan rings is 1. The summed E-state index contributed by atoms with van der Waals surface area (Å²) in [4.78, 5) is 28.6. The first-order valence-corrected chi connectivity index (χ1v) is 8.56. The number of aromatic nitrogens is 1. The van der Waals surface area contributed by atoms with Crippen LogP contribution in [0.5, 0.6) is 0 Å². The molecule has 1 atom stereocenters. The monoisotopic (exact) mass is 333 g/mol. The van der Waals surface area contributed by atoms with Gasteiger partial charge >= 0.3 is 0 Å². The zero-order valence-electron chi connectivity index (χ0n) is 13.0. The van der Waals surface area contributed by atoms with E-state index in [1.165, 1.54) is 6.26 Å². The first-order chi connectivity index (χ1) is 11.1. The number of anilines is 1. The van der Waals surface area contributed by atoms with Crippen molar-refractivity contribution in [2.45, 2.75) is 19.4 Å². The van der Waals surface area contributed by atoms with Gasteiger partial charge in [0.15, 0.2) is 5.76 Å². The number of rotatable bonds is 7. The van der Waals surface area contributed by atoms with Crippen molar-refractivity contribution in [2.24, 2.45) is 0 Å². The van der Waals surface area contributed by atoms with Crippen molar-refractivity contribution in [3.8, 4) is 0 Å². The van der Waals surface area contributed by atoms with Crippen molar-refractivity contribution in [1.82, 2.24) is 10.3 Å². The molecule has 0 aliphatic rings. The van der Waals surface area contributed by atoms with Gasteiger partial charge in [-0.15, -0.1) is 0 Å². The molecule has 0 fully saturated rings. The molecule has 0 aromatic carbocycles. The number of carbonyl (C=O) groups excluding carboxylic acids is 2. The second kappa shape index (κ2) is 8.38. The standard InChI is InChI=1S/C16H19N3O3S/c1-11-5-6-14(17-10-11)19-15(20)12(7-9-23-2)18-16(21)13-4-3-8-22-13/h3-6,8,10,12H,7,9H2,1-2H3,(H,18,21)(H,17,19,20)/t12-/m1/s1. The molecule has 0 radical (unpaired) electrons. The van der Waals surface area contributed by atoms with Gasteiger partial charge in [0.25, 0.3) is 5.91 Å². The van der Waals surface area contributed by atoms with Crippen molar-refractivity contribution in [3.05, 3.63) is 48.0 Å². The third-order valence-corrected chi connectivity index (χ3v) is 3.78. The Morgan fingerprint density at radius 1 is 1.35 bits per heavy atom. The van der Waals surface area contributed by atoms with Gasteiger partial charge in [0.05, 0.1) is 6.26 Å². The number of aryl methyl sites for hydroxylation is 1. The summed E-state index contributed by atoms with van der Waals surface area (Å²) in [5.74, 6) is 0.684. The Kier molecular flexibility index (Phi) is 6.22. The molecule has 0 saturated carbocycles. The van der Waals surface area contributed by atoms with Crippen LogP contribution in [0.25, 0.3) is 0 Å². The Morgan fingerprint density at radius 2 is 2.17 bits per heavy atom. The van der Waals surface area contributed by atoms with Gasteiger partial charge in [0.1, 0.15) is 11.9 Å². The largest absolute Gasteiger partial charge is 0.459 e. The van der Waals surface area contributed by atoms with E-state index in [2.05, 4.69) is 15.6 Å². The van der Waals surface area contributed by atoms with Crippen molar-refractivity contribution in [3.63, 3.8) is 0 Å². The summed E-state index contributed by atoms with van der Waals surface area (Å²) in [7, 11) is 0. The van der Waals surface area contributed by atoms with Crippen LogP contribution in [0.1, 0.15) is 22.5 Å². The van der Waals surface area contributed by atoms with E-state index in [0.29, 0.717) is 12.2 Å². The molecular formula is C16H19N3O3S. The first-order valence-electron chi connectivity index (χ1n) is 7.17. The molecule has 2 rings (SSSR count). The third-order valence-electron chi connectivity index (χ3n) is 3.14. The predicted octanol–water partition coefficient (Wildman–Crippen LogP) is 2.47. The van der Waals surface area contributed by atoms with Crippen LogP contribution in [0, 0.1) is 6.92 Å². The van der Waals surface area contributed by atoms with Gasteiger partial charge in [-0.1, -0.05) is 6.07 Å². The van der Waals surface area contributed by atoms with E-state index in [-0.39, 0.29) is 11.7 Å². The smallest absolute Gasteiger partial charge is 0.287 e. The summed E-state index contributed by atoms with van der Waals surface area (Å²) >= 11 is 1.61. The normalized spacial score (nSPS) is 11.7. The Balaban J connectivity index is 2.02. The minimum atomic E-state index is -0.650. The maximum absolute atomic E-state index is 12.4. The van der Waals surface area contributed by atoms with Crippen LogP contribution in [0.15, 0.2) is 41.1 Å². The highest BCUT2D eigenvalue weighted by molar-refractivity contribution is 7.98. The summed E-state index contributed by atoms with van der Waals surface area (Å²) < 4.78 is 5.05. The lowest BCUT2D eigenvalue weighted by Gasteiger charge is -2.17. The van der Waals surface area contributed by atoms with Crippen LogP contribution in [0.2, 0.25) is 0 Å². The summed E-state index contributed by atoms with van der Waals surface area (Å²) in [6, 6.07) is 6.12. The maximum atomic E-state index is 12.4. The number of thioether (sulfide) groups is 1. The second-order valence-electron chi connectivity index (χ2n) is 4.99. The predicted molar refractivity (Wildman–Crippen MR) is 90.6 cm³/mol. The highest BCUT2D eigenvalue weighted by atomic mass is 32.2. The van der Waals surface area contributed by atoms with Crippen LogP contribution in [0.4, 0.5) is 5.82 Å². The fraction of sp³-hybridized carbons (Fsp3) is 0.312. The van der Waals surface area contributed by atoms with Crippen molar-refractivity contribution < 1.29 is 14.0 Å². The topological polar surface area (TPSA) is 84.2 Å². The number of amides is 2. The lowest BCUT2D eigenvalue weighted by molar-refractivity contribution is -0.118. The Morgan fingerprint density at radius 3 is 2.78 bits per heavy atom. The fourth-order valence-corrected chi connectivity index (χ4v) is 2.37. The van der Waals surface area contributed by atoms with E-state index in [4.69, 9.17) is 4.42 Å². The Hall–Kier alpha value is -2.28. The maximum Gasteiger partial charge on any atom is 0.287 e.